The van der Waals surface area contributed by atoms with E-state index in [0.717, 1.165) is 40.5 Å². The second-order valence-electron chi connectivity index (χ2n) is 4.15. The van der Waals surface area contributed by atoms with Gasteiger partial charge in [-0.3, -0.25) is 9.48 Å². The summed E-state index contributed by atoms with van der Waals surface area (Å²) in [5.41, 5.74) is 2.47. The molecule has 0 spiro atoms. The molecule has 18 heavy (non-hydrogen) atoms. The third-order valence-electron chi connectivity index (χ3n) is 2.79. The summed E-state index contributed by atoms with van der Waals surface area (Å²) in [7, 11) is 0. The molecule has 94 valence electrons. The average molecular weight is 354 g/mol. The first-order valence-corrected chi connectivity index (χ1v) is 7.11. The fraction of sp³-hybridized carbons (Fsp3) is 0.286. The summed E-state index contributed by atoms with van der Waals surface area (Å²) in [6, 6.07) is 7.98. The molecule has 3 nitrogen and oxygen atoms in total. The van der Waals surface area contributed by atoms with Crippen LogP contribution >= 0.6 is 22.6 Å². The number of unbranched alkanes of at least 4 members (excludes halogenated alkanes) is 1. The lowest BCUT2D eigenvalue weighted by atomic mass is 10.1. The second-order valence-corrected chi connectivity index (χ2v) is 5.31. The van der Waals surface area contributed by atoms with Crippen LogP contribution in [0.1, 0.15) is 30.1 Å². The third-order valence-corrected chi connectivity index (χ3v) is 3.73. The van der Waals surface area contributed by atoms with Crippen molar-refractivity contribution in [2.24, 2.45) is 0 Å². The third kappa shape index (κ3) is 2.80. The summed E-state index contributed by atoms with van der Waals surface area (Å²) in [5, 5.41) is 4.53. The number of carbonyl (C=O) groups is 1. The molecular weight excluding hydrogens is 339 g/mol. The van der Waals surface area contributed by atoms with E-state index >= 15 is 0 Å². The van der Waals surface area contributed by atoms with E-state index in [4.69, 9.17) is 0 Å². The van der Waals surface area contributed by atoms with Crippen LogP contribution in [0.2, 0.25) is 0 Å². The first kappa shape index (κ1) is 13.3. The number of hydrogen-bond donors (Lipinski definition) is 0. The highest BCUT2D eigenvalue weighted by molar-refractivity contribution is 14.1. The van der Waals surface area contributed by atoms with Gasteiger partial charge in [-0.25, -0.2) is 0 Å². The van der Waals surface area contributed by atoms with E-state index in [0.29, 0.717) is 5.56 Å². The second kappa shape index (κ2) is 6.13. The van der Waals surface area contributed by atoms with E-state index in [1.54, 1.807) is 0 Å². The van der Waals surface area contributed by atoms with E-state index in [2.05, 4.69) is 34.6 Å². The van der Waals surface area contributed by atoms with E-state index < -0.39 is 0 Å². The SMILES string of the molecule is CCCCn1cc(C=O)c(-c2ccccc2I)n1. The number of aromatic nitrogens is 2. The summed E-state index contributed by atoms with van der Waals surface area (Å²) in [6.45, 7) is 3.01. The van der Waals surface area contributed by atoms with Crippen LogP contribution in [-0.4, -0.2) is 16.1 Å². The molecule has 2 rings (SSSR count). The van der Waals surface area contributed by atoms with E-state index in [1.165, 1.54) is 0 Å². The van der Waals surface area contributed by atoms with Crippen LogP contribution in [0.4, 0.5) is 0 Å². The first-order chi connectivity index (χ1) is 8.76. The first-order valence-electron chi connectivity index (χ1n) is 6.03. The van der Waals surface area contributed by atoms with E-state index in [9.17, 15) is 4.79 Å². The Morgan fingerprint density at radius 3 is 2.83 bits per heavy atom. The highest BCUT2D eigenvalue weighted by Gasteiger charge is 2.12. The molecule has 0 radical (unpaired) electrons. The largest absolute Gasteiger partial charge is 0.298 e. The number of carbonyl (C=O) groups excluding carboxylic acids is 1. The van der Waals surface area contributed by atoms with Crippen LogP contribution in [0.5, 0.6) is 0 Å². The van der Waals surface area contributed by atoms with Crippen molar-refractivity contribution in [3.63, 3.8) is 0 Å². The highest BCUT2D eigenvalue weighted by atomic mass is 127. The molecule has 2 aromatic rings. The van der Waals surface area contributed by atoms with E-state index in [-0.39, 0.29) is 0 Å². The van der Waals surface area contributed by atoms with Crippen LogP contribution in [-0.2, 0) is 6.54 Å². The van der Waals surface area contributed by atoms with Crippen LogP contribution in [0.15, 0.2) is 30.5 Å². The Labute approximate surface area is 120 Å². The predicted octanol–water partition coefficient (Wildman–Crippen LogP) is 3.77. The molecular formula is C14H15IN2O. The van der Waals surface area contributed by atoms with Gasteiger partial charge < -0.3 is 0 Å². The molecule has 0 aliphatic rings. The number of aldehydes is 1. The van der Waals surface area contributed by atoms with E-state index in [1.807, 2.05) is 35.1 Å². The molecule has 0 fully saturated rings. The number of hydrogen-bond acceptors (Lipinski definition) is 2. The van der Waals surface area contributed by atoms with Gasteiger partial charge in [-0.05, 0) is 35.1 Å². The van der Waals surface area contributed by atoms with Gasteiger partial charge in [0.05, 0.1) is 5.56 Å². The minimum absolute atomic E-state index is 0.662. The standard InChI is InChI=1S/C14H15IN2O/c1-2-3-8-17-9-11(10-18)14(16-17)12-6-4-5-7-13(12)15/h4-7,9-10H,2-3,8H2,1H3. The van der Waals surface area contributed by atoms with Crippen molar-refractivity contribution >= 4 is 28.9 Å². The fourth-order valence-electron chi connectivity index (χ4n) is 1.82. The summed E-state index contributed by atoms with van der Waals surface area (Å²) in [5.74, 6) is 0. The summed E-state index contributed by atoms with van der Waals surface area (Å²) in [6.07, 6.45) is 4.91. The Balaban J connectivity index is 2.40. The summed E-state index contributed by atoms with van der Waals surface area (Å²) < 4.78 is 2.98. The van der Waals surface area contributed by atoms with Gasteiger partial charge in [0.2, 0.25) is 0 Å². The molecule has 0 saturated heterocycles. The van der Waals surface area contributed by atoms with Gasteiger partial charge in [-0.15, -0.1) is 0 Å². The molecule has 0 amide bonds. The lowest BCUT2D eigenvalue weighted by Crippen LogP contribution is -1.98. The van der Waals surface area contributed by atoms with Crippen molar-refractivity contribution in [2.75, 3.05) is 0 Å². The Bertz CT molecular complexity index is 548. The Morgan fingerprint density at radius 1 is 1.39 bits per heavy atom. The topological polar surface area (TPSA) is 34.9 Å². The van der Waals surface area contributed by atoms with Gasteiger partial charge in [-0.2, -0.15) is 5.10 Å². The lowest BCUT2D eigenvalue weighted by molar-refractivity contribution is 0.112. The summed E-state index contributed by atoms with van der Waals surface area (Å²) in [4.78, 5) is 11.1. The van der Waals surface area contributed by atoms with Gasteiger partial charge >= 0.3 is 0 Å². The molecule has 0 atom stereocenters. The molecule has 0 bridgehead atoms. The molecule has 0 aliphatic heterocycles. The lowest BCUT2D eigenvalue weighted by Gasteiger charge is -2.01. The van der Waals surface area contributed by atoms with Gasteiger partial charge in [0, 0.05) is 21.9 Å². The molecule has 1 aromatic carbocycles. The molecule has 1 aromatic heterocycles. The molecule has 0 aliphatic carbocycles. The Morgan fingerprint density at radius 2 is 2.17 bits per heavy atom. The number of nitrogens with zero attached hydrogens (tertiary/aromatic N) is 2. The zero-order chi connectivity index (χ0) is 13.0. The molecule has 4 heteroatoms. The van der Waals surface area contributed by atoms with Crippen molar-refractivity contribution in [3.8, 4) is 11.3 Å². The van der Waals surface area contributed by atoms with Crippen molar-refractivity contribution in [1.29, 1.82) is 0 Å². The number of halogens is 1. The van der Waals surface area contributed by atoms with Crippen LogP contribution in [0.25, 0.3) is 11.3 Å². The number of benzene rings is 1. The monoisotopic (exact) mass is 354 g/mol. The predicted molar refractivity (Wildman–Crippen MR) is 80.7 cm³/mol. The van der Waals surface area contributed by atoms with Crippen molar-refractivity contribution in [3.05, 3.63) is 39.6 Å². The maximum Gasteiger partial charge on any atom is 0.153 e. The average Bonchev–Trinajstić information content (AvgIpc) is 2.80. The maximum absolute atomic E-state index is 11.1. The van der Waals surface area contributed by atoms with Gasteiger partial charge in [-0.1, -0.05) is 31.5 Å². The minimum atomic E-state index is 0.662. The normalized spacial score (nSPS) is 10.6. The minimum Gasteiger partial charge on any atom is -0.298 e. The Kier molecular flexibility index (Phi) is 4.52. The fourth-order valence-corrected chi connectivity index (χ4v) is 2.46. The van der Waals surface area contributed by atoms with Crippen LogP contribution in [0.3, 0.4) is 0 Å². The quantitative estimate of drug-likeness (QED) is 0.605. The number of aryl methyl sites for hydroxylation is 1. The number of rotatable bonds is 5. The molecule has 0 N–H and O–H groups in total. The zero-order valence-electron chi connectivity index (χ0n) is 10.3. The molecule has 1 heterocycles. The molecule has 0 unspecified atom stereocenters. The summed E-state index contributed by atoms with van der Waals surface area (Å²) >= 11 is 2.27. The van der Waals surface area contributed by atoms with Gasteiger partial charge in [0.25, 0.3) is 0 Å². The van der Waals surface area contributed by atoms with Crippen molar-refractivity contribution in [2.45, 2.75) is 26.3 Å². The Hall–Kier alpha value is -1.17. The zero-order valence-corrected chi connectivity index (χ0v) is 12.4. The van der Waals surface area contributed by atoms with Crippen LogP contribution < -0.4 is 0 Å². The highest BCUT2D eigenvalue weighted by Crippen LogP contribution is 2.26. The van der Waals surface area contributed by atoms with Gasteiger partial charge in [0.15, 0.2) is 6.29 Å². The van der Waals surface area contributed by atoms with Crippen LogP contribution in [0, 0.1) is 3.57 Å². The smallest absolute Gasteiger partial charge is 0.153 e. The molecule has 0 saturated carbocycles. The van der Waals surface area contributed by atoms with Gasteiger partial charge in [0.1, 0.15) is 5.69 Å². The maximum atomic E-state index is 11.1. The van der Waals surface area contributed by atoms with Crippen molar-refractivity contribution < 1.29 is 4.79 Å². The van der Waals surface area contributed by atoms with Crippen molar-refractivity contribution in [1.82, 2.24) is 9.78 Å².